The molecule has 3 aromatic carbocycles. The van der Waals surface area contributed by atoms with E-state index in [0.29, 0.717) is 16.5 Å². The van der Waals surface area contributed by atoms with E-state index in [4.69, 9.17) is 13.9 Å². The molecule has 30 heavy (non-hydrogen) atoms. The second-order valence-corrected chi connectivity index (χ2v) is 6.79. The normalized spacial score (nSPS) is 10.7. The molecule has 4 aromatic rings. The highest BCUT2D eigenvalue weighted by Gasteiger charge is 2.24. The highest BCUT2D eigenvalue weighted by Crippen LogP contribution is 2.27. The minimum Gasteiger partial charge on any atom is -0.461 e. The highest BCUT2D eigenvalue weighted by atomic mass is 16.5. The molecule has 0 amide bonds. The van der Waals surface area contributed by atoms with Crippen molar-refractivity contribution < 1.29 is 23.5 Å². The molecule has 0 saturated carbocycles. The Kier molecular flexibility index (Phi) is 5.90. The fourth-order valence-electron chi connectivity index (χ4n) is 3.16. The molecule has 0 aliphatic carbocycles. The monoisotopic (exact) mass is 400 g/mol. The molecule has 1 heterocycles. The molecule has 5 nitrogen and oxygen atoms in total. The van der Waals surface area contributed by atoms with Gasteiger partial charge in [-0.2, -0.15) is 0 Å². The van der Waals surface area contributed by atoms with Gasteiger partial charge in [0.2, 0.25) is 5.76 Å². The summed E-state index contributed by atoms with van der Waals surface area (Å²) in [5, 5.41) is 0.695. The zero-order chi connectivity index (χ0) is 20.8. The molecule has 0 aliphatic heterocycles. The number of rotatable bonds is 7. The van der Waals surface area contributed by atoms with Gasteiger partial charge in [0.15, 0.2) is 0 Å². The SMILES string of the molecule is O=C(Cc1c(C(=O)OCc2ccccc2)oc2ccccc12)OCc1ccccc1. The van der Waals surface area contributed by atoms with E-state index >= 15 is 0 Å². The van der Waals surface area contributed by atoms with Gasteiger partial charge in [0.1, 0.15) is 18.8 Å². The summed E-state index contributed by atoms with van der Waals surface area (Å²) in [5.41, 5.74) is 2.76. The number of benzene rings is 3. The first-order valence-electron chi connectivity index (χ1n) is 9.62. The fourth-order valence-corrected chi connectivity index (χ4v) is 3.16. The Bertz CT molecular complexity index is 1150. The number of carbonyl (C=O) groups is 2. The van der Waals surface area contributed by atoms with Crippen molar-refractivity contribution in [2.24, 2.45) is 0 Å². The van der Waals surface area contributed by atoms with Crippen LogP contribution in [0.15, 0.2) is 89.3 Å². The third kappa shape index (κ3) is 4.58. The molecular weight excluding hydrogens is 380 g/mol. The van der Waals surface area contributed by atoms with E-state index in [9.17, 15) is 9.59 Å². The topological polar surface area (TPSA) is 65.7 Å². The van der Waals surface area contributed by atoms with E-state index in [1.165, 1.54) is 0 Å². The molecule has 0 unspecified atom stereocenters. The van der Waals surface area contributed by atoms with Crippen LogP contribution in [0.1, 0.15) is 27.2 Å². The summed E-state index contributed by atoms with van der Waals surface area (Å²) >= 11 is 0. The van der Waals surface area contributed by atoms with E-state index in [0.717, 1.165) is 11.1 Å². The largest absolute Gasteiger partial charge is 0.461 e. The molecule has 0 fully saturated rings. The summed E-state index contributed by atoms with van der Waals surface area (Å²) in [7, 11) is 0. The molecule has 0 aliphatic rings. The third-order valence-corrected chi connectivity index (χ3v) is 4.66. The van der Waals surface area contributed by atoms with Crippen LogP contribution in [0.2, 0.25) is 0 Å². The van der Waals surface area contributed by atoms with Crippen molar-refractivity contribution in [1.82, 2.24) is 0 Å². The Morgan fingerprint density at radius 1 is 0.700 bits per heavy atom. The minimum absolute atomic E-state index is 0.0313. The van der Waals surface area contributed by atoms with Gasteiger partial charge in [-0.25, -0.2) is 4.79 Å². The Hall–Kier alpha value is -3.86. The number of carbonyl (C=O) groups excluding carboxylic acids is 2. The zero-order valence-corrected chi connectivity index (χ0v) is 16.2. The van der Waals surface area contributed by atoms with Crippen molar-refractivity contribution in [2.75, 3.05) is 0 Å². The first kappa shape index (κ1) is 19.5. The second-order valence-electron chi connectivity index (χ2n) is 6.79. The summed E-state index contributed by atoms with van der Waals surface area (Å²) in [6.07, 6.45) is -0.0837. The number of para-hydroxylation sites is 1. The molecule has 5 heteroatoms. The van der Waals surface area contributed by atoms with Gasteiger partial charge in [0.25, 0.3) is 0 Å². The summed E-state index contributed by atoms with van der Waals surface area (Å²) < 4.78 is 16.5. The summed E-state index contributed by atoms with van der Waals surface area (Å²) in [5.74, 6) is -1.02. The Labute approximate surface area is 173 Å². The molecule has 0 N–H and O–H groups in total. The van der Waals surface area contributed by atoms with Gasteiger partial charge in [-0.1, -0.05) is 78.9 Å². The summed E-state index contributed by atoms with van der Waals surface area (Å²) in [6.45, 7) is 0.290. The van der Waals surface area contributed by atoms with Gasteiger partial charge < -0.3 is 13.9 Å². The van der Waals surface area contributed by atoms with Crippen LogP contribution < -0.4 is 0 Å². The lowest BCUT2D eigenvalue weighted by Gasteiger charge is -2.07. The number of esters is 2. The van der Waals surface area contributed by atoms with Gasteiger partial charge in [-0.3, -0.25) is 4.79 Å². The van der Waals surface area contributed by atoms with Crippen LogP contribution in [0.3, 0.4) is 0 Å². The average Bonchev–Trinajstić information content (AvgIpc) is 3.16. The van der Waals surface area contributed by atoms with E-state index in [-0.39, 0.29) is 25.4 Å². The predicted octanol–water partition coefficient (Wildman–Crippen LogP) is 5.08. The minimum atomic E-state index is -0.610. The third-order valence-electron chi connectivity index (χ3n) is 4.66. The number of hydrogen-bond donors (Lipinski definition) is 0. The van der Waals surface area contributed by atoms with E-state index in [1.807, 2.05) is 78.9 Å². The lowest BCUT2D eigenvalue weighted by molar-refractivity contribution is -0.144. The average molecular weight is 400 g/mol. The first-order valence-corrected chi connectivity index (χ1v) is 9.62. The number of furan rings is 1. The smallest absolute Gasteiger partial charge is 0.374 e. The maximum absolute atomic E-state index is 12.7. The molecule has 1 aromatic heterocycles. The zero-order valence-electron chi connectivity index (χ0n) is 16.2. The molecule has 150 valence electrons. The Morgan fingerprint density at radius 2 is 1.27 bits per heavy atom. The summed E-state index contributed by atoms with van der Waals surface area (Å²) in [4.78, 5) is 25.2. The number of fused-ring (bicyclic) bond motifs is 1. The first-order chi connectivity index (χ1) is 14.7. The summed E-state index contributed by atoms with van der Waals surface area (Å²) in [6, 6.07) is 26.0. The molecule has 0 spiro atoms. The highest BCUT2D eigenvalue weighted by molar-refractivity contribution is 5.98. The predicted molar refractivity (Wildman–Crippen MR) is 112 cm³/mol. The van der Waals surface area contributed by atoms with Crippen LogP contribution in [0.5, 0.6) is 0 Å². The van der Waals surface area contributed by atoms with Gasteiger partial charge in [-0.05, 0) is 17.2 Å². The fraction of sp³-hybridized carbons (Fsp3) is 0.120. The van der Waals surface area contributed by atoms with Crippen LogP contribution in [0.4, 0.5) is 0 Å². The van der Waals surface area contributed by atoms with Gasteiger partial charge in [0, 0.05) is 10.9 Å². The van der Waals surface area contributed by atoms with Gasteiger partial charge in [0.05, 0.1) is 6.42 Å². The molecular formula is C25H20O5. The van der Waals surface area contributed by atoms with Crippen LogP contribution >= 0.6 is 0 Å². The van der Waals surface area contributed by atoms with E-state index < -0.39 is 11.9 Å². The molecule has 0 atom stereocenters. The van der Waals surface area contributed by atoms with Crippen LogP contribution in [0, 0.1) is 0 Å². The number of ether oxygens (including phenoxy) is 2. The van der Waals surface area contributed by atoms with E-state index in [2.05, 4.69) is 0 Å². The standard InChI is InChI=1S/C25H20O5/c26-23(28-16-18-9-3-1-4-10-18)15-21-20-13-7-8-14-22(20)30-24(21)25(27)29-17-19-11-5-2-6-12-19/h1-14H,15-17H2. The van der Waals surface area contributed by atoms with Gasteiger partial charge in [-0.15, -0.1) is 0 Å². The van der Waals surface area contributed by atoms with E-state index in [1.54, 1.807) is 6.07 Å². The van der Waals surface area contributed by atoms with Crippen molar-refractivity contribution in [1.29, 1.82) is 0 Å². The van der Waals surface area contributed by atoms with Crippen molar-refractivity contribution in [3.63, 3.8) is 0 Å². The molecule has 0 radical (unpaired) electrons. The number of hydrogen-bond acceptors (Lipinski definition) is 5. The van der Waals surface area contributed by atoms with Crippen LogP contribution in [-0.2, 0) is 33.9 Å². The molecule has 0 bridgehead atoms. The van der Waals surface area contributed by atoms with Crippen molar-refractivity contribution in [3.8, 4) is 0 Å². The second kappa shape index (κ2) is 9.09. The van der Waals surface area contributed by atoms with Crippen LogP contribution in [0.25, 0.3) is 11.0 Å². The maximum atomic E-state index is 12.7. The Balaban J connectivity index is 1.51. The maximum Gasteiger partial charge on any atom is 0.374 e. The Morgan fingerprint density at radius 3 is 1.93 bits per heavy atom. The quantitative estimate of drug-likeness (QED) is 0.405. The van der Waals surface area contributed by atoms with Crippen molar-refractivity contribution in [2.45, 2.75) is 19.6 Å². The van der Waals surface area contributed by atoms with Crippen molar-refractivity contribution in [3.05, 3.63) is 107 Å². The molecule has 0 saturated heterocycles. The van der Waals surface area contributed by atoms with Crippen molar-refractivity contribution >= 4 is 22.9 Å². The lowest BCUT2D eigenvalue weighted by atomic mass is 10.1. The lowest BCUT2D eigenvalue weighted by Crippen LogP contribution is -2.12. The van der Waals surface area contributed by atoms with Crippen LogP contribution in [-0.4, -0.2) is 11.9 Å². The molecule has 4 rings (SSSR count). The van der Waals surface area contributed by atoms with Gasteiger partial charge >= 0.3 is 11.9 Å².